The fourth-order valence-electron chi connectivity index (χ4n) is 5.30. The fourth-order valence-corrected chi connectivity index (χ4v) is 5.30. The van der Waals surface area contributed by atoms with Gasteiger partial charge in [-0.1, -0.05) is 20.3 Å². The number of fused-ring (bicyclic) bond motifs is 1. The zero-order chi connectivity index (χ0) is 20.5. The second-order valence-electron chi connectivity index (χ2n) is 8.30. The summed E-state index contributed by atoms with van der Waals surface area (Å²) >= 11 is 0. The highest BCUT2D eigenvalue weighted by Crippen LogP contribution is 2.58. The number of nitrogens with zero attached hydrogens (tertiary/aromatic N) is 1. The topological polar surface area (TPSA) is 108 Å². The number of carbonyl (C=O) groups is 3. The van der Waals surface area contributed by atoms with Crippen molar-refractivity contribution < 1.29 is 24.2 Å². The molecule has 0 saturated carbocycles. The van der Waals surface area contributed by atoms with Crippen LogP contribution in [0.2, 0.25) is 0 Å². The molecule has 8 heteroatoms. The van der Waals surface area contributed by atoms with Gasteiger partial charge in [0.2, 0.25) is 17.7 Å². The van der Waals surface area contributed by atoms with Crippen LogP contribution in [0, 0.1) is 11.8 Å². The minimum atomic E-state index is -0.971. The van der Waals surface area contributed by atoms with E-state index in [0.29, 0.717) is 19.4 Å². The van der Waals surface area contributed by atoms with E-state index >= 15 is 0 Å². The third kappa shape index (κ3) is 3.30. The van der Waals surface area contributed by atoms with E-state index in [1.807, 2.05) is 13.8 Å². The molecule has 0 aromatic heterocycles. The molecular weight excluding hydrogens is 362 g/mol. The Morgan fingerprint density at radius 1 is 1.32 bits per heavy atom. The van der Waals surface area contributed by atoms with E-state index in [2.05, 4.69) is 17.6 Å². The van der Waals surface area contributed by atoms with E-state index < -0.39 is 23.5 Å². The number of aliphatic hydroxyl groups is 1. The van der Waals surface area contributed by atoms with Crippen LogP contribution in [0.15, 0.2) is 0 Å². The van der Waals surface area contributed by atoms with Gasteiger partial charge >= 0.3 is 0 Å². The fraction of sp³-hybridized carbons (Fsp3) is 0.850. The molecule has 3 amide bonds. The smallest absolute Gasteiger partial charge is 0.246 e. The first-order valence-corrected chi connectivity index (χ1v) is 10.6. The van der Waals surface area contributed by atoms with Crippen molar-refractivity contribution in [1.82, 2.24) is 15.5 Å². The van der Waals surface area contributed by atoms with Gasteiger partial charge in [-0.05, 0) is 32.6 Å². The Kier molecular flexibility index (Phi) is 6.29. The molecule has 3 rings (SSSR count). The average molecular weight is 396 g/mol. The predicted molar refractivity (Wildman–Crippen MR) is 102 cm³/mol. The molecule has 3 fully saturated rings. The Labute approximate surface area is 166 Å². The number of hydrogen-bond donors (Lipinski definition) is 3. The Bertz CT molecular complexity index is 627. The van der Waals surface area contributed by atoms with E-state index in [1.54, 1.807) is 0 Å². The number of hydrogen-bond acceptors (Lipinski definition) is 5. The van der Waals surface area contributed by atoms with Crippen molar-refractivity contribution in [3.05, 3.63) is 0 Å². The van der Waals surface area contributed by atoms with Crippen LogP contribution in [0.5, 0.6) is 0 Å². The quantitative estimate of drug-likeness (QED) is 0.516. The van der Waals surface area contributed by atoms with Crippen molar-refractivity contribution in [2.24, 2.45) is 11.8 Å². The van der Waals surface area contributed by atoms with Crippen LogP contribution in [0.25, 0.3) is 0 Å². The van der Waals surface area contributed by atoms with E-state index in [-0.39, 0.29) is 43.0 Å². The van der Waals surface area contributed by atoms with Crippen LogP contribution < -0.4 is 10.6 Å². The Morgan fingerprint density at radius 2 is 2.07 bits per heavy atom. The molecule has 3 aliphatic rings. The van der Waals surface area contributed by atoms with E-state index in [0.717, 1.165) is 19.3 Å². The van der Waals surface area contributed by atoms with Gasteiger partial charge in [0.25, 0.3) is 0 Å². The first-order valence-electron chi connectivity index (χ1n) is 10.6. The summed E-state index contributed by atoms with van der Waals surface area (Å²) in [7, 11) is 0. The standard InChI is InChI=1S/C20H33N3O5/c1-4-6-12(3)22-18(26)16-20-8-7-13(28-20)14(17(25)21-9-5-2)15(20)19(27)23(16)10-11-24/h12-16,24H,4-11H2,1-3H3,(H,21,25)(H,22,26)/t12?,13-,14+,15-,16?,20?/m0/s1. The second-order valence-corrected chi connectivity index (χ2v) is 8.30. The minimum absolute atomic E-state index is 0.0127. The SMILES string of the molecule is CCCNC(=O)[C@@H]1[C@@H]2CCC3(O2)C(C(=O)NC(C)CCC)N(CCO)C(=O)[C@H]13. The highest BCUT2D eigenvalue weighted by atomic mass is 16.5. The van der Waals surface area contributed by atoms with Gasteiger partial charge < -0.3 is 25.4 Å². The molecule has 0 aliphatic carbocycles. The molecule has 3 heterocycles. The molecule has 3 unspecified atom stereocenters. The number of carbonyl (C=O) groups excluding carboxylic acids is 3. The Balaban J connectivity index is 1.89. The monoisotopic (exact) mass is 395 g/mol. The summed E-state index contributed by atoms with van der Waals surface area (Å²) in [6.07, 6.45) is 3.50. The number of nitrogens with one attached hydrogen (secondary N) is 2. The van der Waals surface area contributed by atoms with E-state index in [9.17, 15) is 19.5 Å². The van der Waals surface area contributed by atoms with Crippen molar-refractivity contribution in [2.45, 2.75) is 76.7 Å². The van der Waals surface area contributed by atoms with Crippen molar-refractivity contribution in [2.75, 3.05) is 19.7 Å². The van der Waals surface area contributed by atoms with Crippen LogP contribution >= 0.6 is 0 Å². The van der Waals surface area contributed by atoms with Gasteiger partial charge in [0, 0.05) is 19.1 Å². The lowest BCUT2D eigenvalue weighted by Crippen LogP contribution is -2.56. The maximum Gasteiger partial charge on any atom is 0.246 e. The first kappa shape index (κ1) is 21.0. The summed E-state index contributed by atoms with van der Waals surface area (Å²) in [5, 5.41) is 15.4. The maximum absolute atomic E-state index is 13.3. The summed E-state index contributed by atoms with van der Waals surface area (Å²) in [5.41, 5.74) is -0.971. The molecule has 158 valence electrons. The molecule has 28 heavy (non-hydrogen) atoms. The number of ether oxygens (including phenoxy) is 1. The summed E-state index contributed by atoms with van der Waals surface area (Å²) in [6, 6.07) is -0.813. The average Bonchev–Trinajstić information content (AvgIpc) is 3.28. The molecule has 1 spiro atoms. The van der Waals surface area contributed by atoms with Crippen LogP contribution in [-0.4, -0.2) is 71.2 Å². The summed E-state index contributed by atoms with van der Waals surface area (Å²) < 4.78 is 6.25. The highest BCUT2D eigenvalue weighted by molar-refractivity contribution is 5.98. The number of β-amino-alcohol motifs (C(OH)–C–C–N with tert-alkyl or cyclic N) is 1. The highest BCUT2D eigenvalue weighted by Gasteiger charge is 2.74. The molecule has 3 aliphatic heterocycles. The maximum atomic E-state index is 13.3. The Hall–Kier alpha value is -1.67. The third-order valence-electron chi connectivity index (χ3n) is 6.35. The van der Waals surface area contributed by atoms with Gasteiger partial charge in [-0.15, -0.1) is 0 Å². The number of likely N-dealkylation sites (tertiary alicyclic amines) is 1. The lowest BCUT2D eigenvalue weighted by atomic mass is 9.70. The van der Waals surface area contributed by atoms with Crippen LogP contribution in [0.4, 0.5) is 0 Å². The van der Waals surface area contributed by atoms with E-state index in [4.69, 9.17) is 4.74 Å². The summed E-state index contributed by atoms with van der Waals surface area (Å²) in [5.74, 6) is -1.90. The third-order valence-corrected chi connectivity index (χ3v) is 6.35. The molecule has 6 atom stereocenters. The largest absolute Gasteiger partial charge is 0.395 e. The van der Waals surface area contributed by atoms with Gasteiger partial charge in [-0.25, -0.2) is 0 Å². The van der Waals surface area contributed by atoms with E-state index in [1.165, 1.54) is 4.90 Å². The van der Waals surface area contributed by atoms with Crippen LogP contribution in [0.3, 0.4) is 0 Å². The van der Waals surface area contributed by atoms with Crippen molar-refractivity contribution in [3.8, 4) is 0 Å². The van der Waals surface area contributed by atoms with Gasteiger partial charge in [-0.2, -0.15) is 0 Å². The zero-order valence-electron chi connectivity index (χ0n) is 17.1. The number of rotatable bonds is 9. The van der Waals surface area contributed by atoms with Crippen LogP contribution in [0.1, 0.15) is 52.9 Å². The minimum Gasteiger partial charge on any atom is -0.395 e. The molecule has 0 aromatic carbocycles. The van der Waals surface area contributed by atoms with Gasteiger partial charge in [-0.3, -0.25) is 14.4 Å². The molecular formula is C20H33N3O5. The van der Waals surface area contributed by atoms with Gasteiger partial charge in [0.15, 0.2) is 0 Å². The molecule has 3 saturated heterocycles. The van der Waals surface area contributed by atoms with Crippen molar-refractivity contribution >= 4 is 17.7 Å². The predicted octanol–water partition coefficient (Wildman–Crippen LogP) is 0.184. The molecule has 3 N–H and O–H groups in total. The number of amides is 3. The zero-order valence-corrected chi connectivity index (χ0v) is 17.1. The molecule has 2 bridgehead atoms. The van der Waals surface area contributed by atoms with Gasteiger partial charge in [0.1, 0.15) is 11.6 Å². The van der Waals surface area contributed by atoms with Crippen molar-refractivity contribution in [1.29, 1.82) is 0 Å². The van der Waals surface area contributed by atoms with Gasteiger partial charge in [0.05, 0.1) is 24.5 Å². The number of aliphatic hydroxyl groups excluding tert-OH is 1. The molecule has 0 radical (unpaired) electrons. The molecule has 8 nitrogen and oxygen atoms in total. The van der Waals surface area contributed by atoms with Crippen molar-refractivity contribution in [3.63, 3.8) is 0 Å². The molecule has 0 aromatic rings. The summed E-state index contributed by atoms with van der Waals surface area (Å²) in [6.45, 7) is 6.34. The first-order chi connectivity index (χ1) is 13.4. The van der Waals surface area contributed by atoms with Crippen LogP contribution in [-0.2, 0) is 19.1 Å². The summed E-state index contributed by atoms with van der Waals surface area (Å²) in [4.78, 5) is 40.6. The lowest BCUT2D eigenvalue weighted by Gasteiger charge is -2.34. The second kappa shape index (κ2) is 8.37. The lowest BCUT2D eigenvalue weighted by molar-refractivity contribution is -0.142. The Morgan fingerprint density at radius 3 is 2.71 bits per heavy atom. The normalized spacial score (nSPS) is 34.4.